The van der Waals surface area contributed by atoms with Crippen molar-refractivity contribution in [3.8, 4) is 11.1 Å². The van der Waals surface area contributed by atoms with Gasteiger partial charge in [-0.05, 0) is 37.0 Å². The van der Waals surface area contributed by atoms with Crippen LogP contribution in [0.1, 0.15) is 19.3 Å². The van der Waals surface area contributed by atoms with Gasteiger partial charge in [0, 0.05) is 24.8 Å². The van der Waals surface area contributed by atoms with Gasteiger partial charge in [0.25, 0.3) is 0 Å². The molecule has 2 heterocycles. The average Bonchev–Trinajstić information content (AvgIpc) is 2.48. The van der Waals surface area contributed by atoms with Crippen LogP contribution < -0.4 is 10.6 Å². The minimum absolute atomic E-state index is 0.290. The van der Waals surface area contributed by atoms with Crippen molar-refractivity contribution in [1.82, 2.24) is 9.97 Å². The number of rotatable bonds is 2. The first kappa shape index (κ1) is 12.8. The Morgan fingerprint density at radius 3 is 2.65 bits per heavy atom. The molecule has 104 valence electrons. The number of piperidine rings is 1. The molecular formula is C15H17FN4. The van der Waals surface area contributed by atoms with Gasteiger partial charge in [-0.3, -0.25) is 0 Å². The summed E-state index contributed by atoms with van der Waals surface area (Å²) in [5.41, 5.74) is 7.38. The SMILES string of the molecule is Nc1nc(N2CCCCC2)ncc1-c1cccc(F)c1. The van der Waals surface area contributed by atoms with Crippen LogP contribution in [-0.2, 0) is 0 Å². The first-order chi connectivity index (χ1) is 9.74. The number of anilines is 2. The zero-order chi connectivity index (χ0) is 13.9. The lowest BCUT2D eigenvalue weighted by atomic mass is 10.1. The molecule has 0 radical (unpaired) electrons. The topological polar surface area (TPSA) is 55.0 Å². The fourth-order valence-electron chi connectivity index (χ4n) is 2.51. The van der Waals surface area contributed by atoms with E-state index >= 15 is 0 Å². The van der Waals surface area contributed by atoms with Gasteiger partial charge in [0.15, 0.2) is 0 Å². The number of hydrogen-bond donors (Lipinski definition) is 1. The molecule has 1 aromatic carbocycles. The van der Waals surface area contributed by atoms with E-state index in [1.807, 2.05) is 0 Å². The number of aromatic nitrogens is 2. The monoisotopic (exact) mass is 272 g/mol. The second-order valence-corrected chi connectivity index (χ2v) is 5.03. The van der Waals surface area contributed by atoms with Gasteiger partial charge in [-0.2, -0.15) is 4.98 Å². The van der Waals surface area contributed by atoms with Crippen LogP contribution in [-0.4, -0.2) is 23.1 Å². The fraction of sp³-hybridized carbons (Fsp3) is 0.333. The fourth-order valence-corrected chi connectivity index (χ4v) is 2.51. The van der Waals surface area contributed by atoms with Crippen molar-refractivity contribution in [1.29, 1.82) is 0 Å². The minimum atomic E-state index is -0.290. The van der Waals surface area contributed by atoms with Crippen LogP contribution in [0.3, 0.4) is 0 Å². The molecule has 1 aromatic heterocycles. The van der Waals surface area contributed by atoms with Crippen molar-refractivity contribution in [2.45, 2.75) is 19.3 Å². The van der Waals surface area contributed by atoms with Gasteiger partial charge in [0.05, 0.1) is 0 Å². The molecule has 4 nitrogen and oxygen atoms in total. The normalized spacial score (nSPS) is 15.3. The van der Waals surface area contributed by atoms with Crippen LogP contribution in [0.2, 0.25) is 0 Å². The molecule has 0 bridgehead atoms. The molecular weight excluding hydrogens is 255 g/mol. The van der Waals surface area contributed by atoms with Crippen molar-refractivity contribution in [3.63, 3.8) is 0 Å². The summed E-state index contributed by atoms with van der Waals surface area (Å²) in [6.07, 6.45) is 5.26. The van der Waals surface area contributed by atoms with Crippen molar-refractivity contribution in [2.24, 2.45) is 0 Å². The highest BCUT2D eigenvalue weighted by Gasteiger charge is 2.15. The molecule has 0 saturated carbocycles. The number of benzene rings is 1. The molecule has 0 unspecified atom stereocenters. The molecule has 0 amide bonds. The number of nitrogens with zero attached hydrogens (tertiary/aromatic N) is 3. The highest BCUT2D eigenvalue weighted by molar-refractivity contribution is 5.73. The summed E-state index contributed by atoms with van der Waals surface area (Å²) >= 11 is 0. The van der Waals surface area contributed by atoms with E-state index in [9.17, 15) is 4.39 Å². The summed E-state index contributed by atoms with van der Waals surface area (Å²) in [5, 5.41) is 0. The smallest absolute Gasteiger partial charge is 0.227 e. The van der Waals surface area contributed by atoms with E-state index in [1.54, 1.807) is 18.3 Å². The Balaban J connectivity index is 1.91. The standard InChI is InChI=1S/C15H17FN4/c16-12-6-4-5-11(9-12)13-10-18-15(19-14(13)17)20-7-2-1-3-8-20/h4-6,9-10H,1-3,7-8H2,(H2,17,18,19). The summed E-state index contributed by atoms with van der Waals surface area (Å²) in [4.78, 5) is 10.9. The van der Waals surface area contributed by atoms with Gasteiger partial charge in [0.1, 0.15) is 11.6 Å². The molecule has 1 saturated heterocycles. The molecule has 3 rings (SSSR count). The highest BCUT2D eigenvalue weighted by Crippen LogP contribution is 2.26. The number of nitrogens with two attached hydrogens (primary N) is 1. The Labute approximate surface area is 117 Å². The van der Waals surface area contributed by atoms with Crippen LogP contribution in [0.15, 0.2) is 30.5 Å². The lowest BCUT2D eigenvalue weighted by Crippen LogP contribution is -2.31. The molecule has 2 N–H and O–H groups in total. The third-order valence-electron chi connectivity index (χ3n) is 3.58. The van der Waals surface area contributed by atoms with E-state index in [2.05, 4.69) is 14.9 Å². The van der Waals surface area contributed by atoms with Crippen molar-refractivity contribution in [2.75, 3.05) is 23.7 Å². The van der Waals surface area contributed by atoms with Crippen molar-refractivity contribution < 1.29 is 4.39 Å². The molecule has 0 aliphatic carbocycles. The zero-order valence-electron chi connectivity index (χ0n) is 11.2. The van der Waals surface area contributed by atoms with Gasteiger partial charge in [-0.1, -0.05) is 12.1 Å². The van der Waals surface area contributed by atoms with E-state index in [4.69, 9.17) is 5.73 Å². The van der Waals surface area contributed by atoms with Crippen LogP contribution in [0, 0.1) is 5.82 Å². The highest BCUT2D eigenvalue weighted by atomic mass is 19.1. The van der Waals surface area contributed by atoms with E-state index in [-0.39, 0.29) is 5.82 Å². The van der Waals surface area contributed by atoms with Gasteiger partial charge >= 0.3 is 0 Å². The predicted octanol–water partition coefficient (Wildman–Crippen LogP) is 2.86. The van der Waals surface area contributed by atoms with Gasteiger partial charge in [-0.15, -0.1) is 0 Å². The van der Waals surface area contributed by atoms with Crippen LogP contribution in [0.25, 0.3) is 11.1 Å². The lowest BCUT2D eigenvalue weighted by molar-refractivity contribution is 0.568. The predicted molar refractivity (Wildman–Crippen MR) is 77.9 cm³/mol. The Morgan fingerprint density at radius 2 is 1.95 bits per heavy atom. The molecule has 2 aromatic rings. The Morgan fingerprint density at radius 1 is 1.15 bits per heavy atom. The quantitative estimate of drug-likeness (QED) is 0.913. The number of hydrogen-bond acceptors (Lipinski definition) is 4. The van der Waals surface area contributed by atoms with E-state index in [1.165, 1.54) is 18.6 Å². The van der Waals surface area contributed by atoms with Gasteiger partial charge in [0.2, 0.25) is 5.95 Å². The molecule has 20 heavy (non-hydrogen) atoms. The van der Waals surface area contributed by atoms with E-state index < -0.39 is 0 Å². The second-order valence-electron chi connectivity index (χ2n) is 5.03. The summed E-state index contributed by atoms with van der Waals surface area (Å²) in [6, 6.07) is 6.31. The van der Waals surface area contributed by atoms with Gasteiger partial charge < -0.3 is 10.6 Å². The largest absolute Gasteiger partial charge is 0.383 e. The summed E-state index contributed by atoms with van der Waals surface area (Å²) in [5.74, 6) is 0.774. The third-order valence-corrected chi connectivity index (χ3v) is 3.58. The molecule has 0 spiro atoms. The number of halogens is 1. The maximum atomic E-state index is 13.3. The molecule has 1 fully saturated rings. The third kappa shape index (κ3) is 2.57. The summed E-state index contributed by atoms with van der Waals surface area (Å²) in [6.45, 7) is 1.94. The first-order valence-electron chi connectivity index (χ1n) is 6.87. The minimum Gasteiger partial charge on any atom is -0.383 e. The molecule has 5 heteroatoms. The maximum Gasteiger partial charge on any atom is 0.227 e. The Bertz CT molecular complexity index is 609. The summed E-state index contributed by atoms with van der Waals surface area (Å²) < 4.78 is 13.3. The number of nitrogen functional groups attached to an aromatic ring is 1. The van der Waals surface area contributed by atoms with Crippen molar-refractivity contribution >= 4 is 11.8 Å². The van der Waals surface area contributed by atoms with Crippen LogP contribution >= 0.6 is 0 Å². The van der Waals surface area contributed by atoms with Crippen LogP contribution in [0.5, 0.6) is 0 Å². The molecule has 1 aliphatic rings. The lowest BCUT2D eigenvalue weighted by Gasteiger charge is -2.26. The average molecular weight is 272 g/mol. The zero-order valence-corrected chi connectivity index (χ0v) is 11.2. The first-order valence-corrected chi connectivity index (χ1v) is 6.87. The van der Waals surface area contributed by atoms with Crippen molar-refractivity contribution in [3.05, 3.63) is 36.3 Å². The molecule has 0 atom stereocenters. The van der Waals surface area contributed by atoms with Crippen LogP contribution in [0.4, 0.5) is 16.2 Å². The second kappa shape index (κ2) is 5.45. The van der Waals surface area contributed by atoms with Gasteiger partial charge in [-0.25, -0.2) is 9.37 Å². The Kier molecular flexibility index (Phi) is 3.50. The Hall–Kier alpha value is -2.17. The van der Waals surface area contributed by atoms with E-state index in [0.29, 0.717) is 22.9 Å². The molecule has 1 aliphatic heterocycles. The summed E-state index contributed by atoms with van der Waals surface area (Å²) in [7, 11) is 0. The maximum absolute atomic E-state index is 13.3. The van der Waals surface area contributed by atoms with E-state index in [0.717, 1.165) is 25.9 Å².